The number of aliphatic hydroxyl groups is 1. The molecule has 120 valence electrons. The summed E-state index contributed by atoms with van der Waals surface area (Å²) in [5, 5.41) is 12.7. The van der Waals surface area contributed by atoms with Gasteiger partial charge in [-0.2, -0.15) is 13.2 Å². The van der Waals surface area contributed by atoms with Gasteiger partial charge in [-0.3, -0.25) is 0 Å². The minimum absolute atomic E-state index is 0. The maximum atomic E-state index is 12.5. The van der Waals surface area contributed by atoms with Crippen LogP contribution in [0.25, 0.3) is 0 Å². The Morgan fingerprint density at radius 2 is 1.85 bits per heavy atom. The number of halogens is 4. The molecule has 0 bridgehead atoms. The van der Waals surface area contributed by atoms with Gasteiger partial charge in [0.1, 0.15) is 0 Å². The molecule has 3 nitrogen and oxygen atoms in total. The second-order valence-electron chi connectivity index (χ2n) is 5.84. The molecule has 0 aromatic heterocycles. The van der Waals surface area contributed by atoms with Crippen molar-refractivity contribution in [2.45, 2.75) is 38.0 Å². The van der Waals surface area contributed by atoms with Gasteiger partial charge in [0.25, 0.3) is 0 Å². The third-order valence-corrected chi connectivity index (χ3v) is 4.30. The van der Waals surface area contributed by atoms with E-state index in [9.17, 15) is 18.3 Å². The van der Waals surface area contributed by atoms with E-state index in [0.29, 0.717) is 18.9 Å². The lowest BCUT2D eigenvalue weighted by atomic mass is 9.90. The van der Waals surface area contributed by atoms with Gasteiger partial charge in [0.05, 0.1) is 0 Å². The molecule has 2 fully saturated rings. The molecule has 2 heterocycles. The first kappa shape index (κ1) is 18.0. The van der Waals surface area contributed by atoms with Crippen molar-refractivity contribution in [1.82, 2.24) is 10.2 Å². The molecule has 2 saturated heterocycles. The van der Waals surface area contributed by atoms with Crippen LogP contribution in [-0.4, -0.2) is 55.0 Å². The predicted molar refractivity (Wildman–Crippen MR) is 74.1 cm³/mol. The van der Waals surface area contributed by atoms with Crippen LogP contribution in [0.3, 0.4) is 0 Å². The molecule has 2 rings (SSSR count). The first-order chi connectivity index (χ1) is 8.97. The zero-order valence-corrected chi connectivity index (χ0v) is 12.3. The number of alkyl halides is 3. The Balaban J connectivity index is 0.00000200. The Hall–Kier alpha value is -0.0400. The second kappa shape index (κ2) is 7.82. The van der Waals surface area contributed by atoms with Crippen molar-refractivity contribution in [1.29, 1.82) is 0 Å². The fraction of sp³-hybridized carbons (Fsp3) is 1.00. The van der Waals surface area contributed by atoms with Crippen molar-refractivity contribution in [3.05, 3.63) is 0 Å². The number of aliphatic hydroxyl groups excluding tert-OH is 1. The Morgan fingerprint density at radius 3 is 2.45 bits per heavy atom. The van der Waals surface area contributed by atoms with Gasteiger partial charge in [0, 0.05) is 19.0 Å². The molecule has 0 aliphatic carbocycles. The van der Waals surface area contributed by atoms with Crippen LogP contribution in [0, 0.1) is 11.8 Å². The fourth-order valence-corrected chi connectivity index (χ4v) is 3.21. The van der Waals surface area contributed by atoms with Crippen LogP contribution >= 0.6 is 12.4 Å². The summed E-state index contributed by atoms with van der Waals surface area (Å²) in [6.07, 6.45) is -3.22. The van der Waals surface area contributed by atoms with Gasteiger partial charge in [0.15, 0.2) is 6.10 Å². The second-order valence-corrected chi connectivity index (χ2v) is 5.84. The summed E-state index contributed by atoms with van der Waals surface area (Å²) in [5.41, 5.74) is 0. The summed E-state index contributed by atoms with van der Waals surface area (Å²) in [4.78, 5) is 2.11. The summed E-state index contributed by atoms with van der Waals surface area (Å²) >= 11 is 0. The average Bonchev–Trinajstić information content (AvgIpc) is 2.38. The third kappa shape index (κ3) is 5.06. The van der Waals surface area contributed by atoms with E-state index in [2.05, 4.69) is 10.2 Å². The molecule has 0 aromatic carbocycles. The van der Waals surface area contributed by atoms with E-state index in [0.717, 1.165) is 45.4 Å². The van der Waals surface area contributed by atoms with Crippen molar-refractivity contribution in [3.63, 3.8) is 0 Å². The Morgan fingerprint density at radius 1 is 1.20 bits per heavy atom. The zero-order chi connectivity index (χ0) is 13.9. The monoisotopic (exact) mass is 316 g/mol. The van der Waals surface area contributed by atoms with Crippen molar-refractivity contribution in [3.8, 4) is 0 Å². The van der Waals surface area contributed by atoms with E-state index in [4.69, 9.17) is 0 Å². The van der Waals surface area contributed by atoms with Crippen LogP contribution in [0.1, 0.15) is 25.7 Å². The largest absolute Gasteiger partial charge is 0.414 e. The van der Waals surface area contributed by atoms with Crippen molar-refractivity contribution >= 4 is 12.4 Å². The number of hydrogen-bond acceptors (Lipinski definition) is 3. The van der Waals surface area contributed by atoms with Gasteiger partial charge in [-0.1, -0.05) is 0 Å². The number of piperidine rings is 2. The van der Waals surface area contributed by atoms with E-state index in [1.807, 2.05) is 0 Å². The van der Waals surface area contributed by atoms with E-state index in [1.54, 1.807) is 0 Å². The van der Waals surface area contributed by atoms with Crippen LogP contribution in [0.2, 0.25) is 0 Å². The molecular weight excluding hydrogens is 293 g/mol. The van der Waals surface area contributed by atoms with E-state index in [1.165, 1.54) is 0 Å². The highest BCUT2D eigenvalue weighted by molar-refractivity contribution is 5.85. The van der Waals surface area contributed by atoms with E-state index < -0.39 is 18.2 Å². The molecule has 7 heteroatoms. The minimum Gasteiger partial charge on any atom is -0.383 e. The third-order valence-electron chi connectivity index (χ3n) is 4.30. The Kier molecular flexibility index (Phi) is 7.04. The van der Waals surface area contributed by atoms with Gasteiger partial charge in [0.2, 0.25) is 0 Å². The van der Waals surface area contributed by atoms with E-state index >= 15 is 0 Å². The van der Waals surface area contributed by atoms with Crippen LogP contribution < -0.4 is 5.32 Å². The van der Waals surface area contributed by atoms with Gasteiger partial charge >= 0.3 is 6.18 Å². The minimum atomic E-state index is -4.48. The Bertz CT molecular complexity index is 285. The molecule has 20 heavy (non-hydrogen) atoms. The first-order valence-corrected chi connectivity index (χ1v) is 7.14. The summed E-state index contributed by atoms with van der Waals surface area (Å²) in [7, 11) is 0. The number of hydrogen-bond donors (Lipinski definition) is 2. The Labute approximate surface area is 124 Å². The van der Waals surface area contributed by atoms with Crippen molar-refractivity contribution in [2.24, 2.45) is 11.8 Å². The maximum Gasteiger partial charge on any atom is 0.414 e. The topological polar surface area (TPSA) is 35.5 Å². The molecule has 0 spiro atoms. The van der Waals surface area contributed by atoms with E-state index in [-0.39, 0.29) is 12.4 Å². The standard InChI is InChI=1S/C13H23F3N2O.ClH/c14-13(15,16)12(19)11-2-1-7-18(9-11)8-10-3-5-17-6-4-10;/h10-12,17,19H,1-9H2;1H. The lowest BCUT2D eigenvalue weighted by Gasteiger charge is -2.38. The summed E-state index contributed by atoms with van der Waals surface area (Å²) in [5.74, 6) is -0.0708. The highest BCUT2D eigenvalue weighted by atomic mass is 35.5. The molecular formula is C13H24ClF3N2O. The highest BCUT2D eigenvalue weighted by Gasteiger charge is 2.44. The quantitative estimate of drug-likeness (QED) is 0.836. The number of nitrogens with zero attached hydrogens (tertiary/aromatic N) is 1. The molecule has 2 atom stereocenters. The smallest absolute Gasteiger partial charge is 0.383 e. The molecule has 2 N–H and O–H groups in total. The molecule has 0 amide bonds. The molecule has 0 aromatic rings. The van der Waals surface area contributed by atoms with Crippen molar-refractivity contribution in [2.75, 3.05) is 32.7 Å². The normalized spacial score (nSPS) is 27.9. The van der Waals surface area contributed by atoms with Crippen molar-refractivity contribution < 1.29 is 18.3 Å². The van der Waals surface area contributed by atoms with Crippen LogP contribution in [0.5, 0.6) is 0 Å². The van der Waals surface area contributed by atoms with Crippen LogP contribution in [-0.2, 0) is 0 Å². The number of rotatable bonds is 3. The lowest BCUT2D eigenvalue weighted by molar-refractivity contribution is -0.223. The van der Waals surface area contributed by atoms with Gasteiger partial charge < -0.3 is 15.3 Å². The molecule has 0 saturated carbocycles. The summed E-state index contributed by atoms with van der Waals surface area (Å²) in [6, 6.07) is 0. The maximum absolute atomic E-state index is 12.5. The first-order valence-electron chi connectivity index (χ1n) is 7.14. The van der Waals surface area contributed by atoms with Crippen LogP contribution in [0.4, 0.5) is 13.2 Å². The van der Waals surface area contributed by atoms with Gasteiger partial charge in [-0.25, -0.2) is 0 Å². The van der Waals surface area contributed by atoms with Gasteiger partial charge in [-0.05, 0) is 51.2 Å². The lowest BCUT2D eigenvalue weighted by Crippen LogP contribution is -2.47. The average molecular weight is 317 g/mol. The molecule has 2 unspecified atom stereocenters. The number of nitrogens with one attached hydrogen (secondary N) is 1. The zero-order valence-electron chi connectivity index (χ0n) is 11.5. The highest BCUT2D eigenvalue weighted by Crippen LogP contribution is 2.31. The summed E-state index contributed by atoms with van der Waals surface area (Å²) in [6.45, 7) is 4.14. The molecule has 2 aliphatic rings. The predicted octanol–water partition coefficient (Wildman–Crippen LogP) is 2.04. The van der Waals surface area contributed by atoms with Crippen LogP contribution in [0.15, 0.2) is 0 Å². The molecule has 2 aliphatic heterocycles. The fourth-order valence-electron chi connectivity index (χ4n) is 3.21. The van der Waals surface area contributed by atoms with Gasteiger partial charge in [-0.15, -0.1) is 12.4 Å². The SMILES string of the molecule is Cl.OC(C1CCCN(CC2CCNCC2)C1)C(F)(F)F. The summed E-state index contributed by atoms with van der Waals surface area (Å²) < 4.78 is 37.6. The number of likely N-dealkylation sites (tertiary alicyclic amines) is 1. The molecule has 0 radical (unpaired) electrons.